The molecule has 0 aromatic heterocycles. The van der Waals surface area contributed by atoms with Crippen molar-refractivity contribution in [3.05, 3.63) is 0 Å². The topological polar surface area (TPSA) is 12.4 Å². The Morgan fingerprint density at radius 1 is 1.62 bits per heavy atom. The van der Waals surface area contributed by atoms with Crippen molar-refractivity contribution in [3.63, 3.8) is 0 Å². The van der Waals surface area contributed by atoms with Gasteiger partial charge in [-0.15, -0.1) is 0 Å². The molecular weight excluding hydrogens is 118 g/mol. The van der Waals surface area contributed by atoms with E-state index in [-0.39, 0.29) is 0 Å². The fourth-order valence-electron chi connectivity index (χ4n) is 0.352. The van der Waals surface area contributed by atoms with Gasteiger partial charge < -0.3 is 0 Å². The zero-order chi connectivity index (χ0) is 6.57. The van der Waals surface area contributed by atoms with E-state index in [0.717, 1.165) is 0 Å². The van der Waals surface area contributed by atoms with Gasteiger partial charge in [0.1, 0.15) is 0 Å². The fourth-order valence-corrected chi connectivity index (χ4v) is 0.799. The molecule has 0 aliphatic rings. The average Bonchev–Trinajstić information content (AvgIpc) is 1.84. The molecule has 1 atom stereocenters. The van der Waals surface area contributed by atoms with E-state index in [2.05, 4.69) is 25.1 Å². The van der Waals surface area contributed by atoms with Gasteiger partial charge >= 0.3 is 0 Å². The lowest BCUT2D eigenvalue weighted by Crippen LogP contribution is -2.07. The van der Waals surface area contributed by atoms with E-state index in [1.807, 2.05) is 18.8 Å². The van der Waals surface area contributed by atoms with Crippen molar-refractivity contribution in [2.24, 2.45) is 4.99 Å². The lowest BCUT2D eigenvalue weighted by Gasteiger charge is -2.04. The average molecular weight is 131 g/mol. The summed E-state index contributed by atoms with van der Waals surface area (Å²) in [5, 5.41) is 0.583. The number of aliphatic imine (C=N–C) groups is 1. The van der Waals surface area contributed by atoms with Crippen LogP contribution in [-0.4, -0.2) is 24.3 Å². The van der Waals surface area contributed by atoms with Gasteiger partial charge in [-0.1, -0.05) is 0 Å². The van der Waals surface area contributed by atoms with Crippen molar-refractivity contribution in [3.8, 4) is 0 Å². The first-order valence-electron chi connectivity index (χ1n) is 2.68. The highest BCUT2D eigenvalue weighted by molar-refractivity contribution is 7.99. The third-order valence-electron chi connectivity index (χ3n) is 1.29. The molecule has 0 radical (unpaired) electrons. The second kappa shape index (κ2) is 3.96. The van der Waals surface area contributed by atoms with Crippen LogP contribution >= 0.6 is 11.8 Å². The highest BCUT2D eigenvalue weighted by atomic mass is 32.2. The van der Waals surface area contributed by atoms with Gasteiger partial charge in [-0.05, 0) is 20.1 Å². The first-order chi connectivity index (χ1) is 3.72. The molecule has 0 bridgehead atoms. The van der Waals surface area contributed by atoms with Gasteiger partial charge in [-0.25, -0.2) is 0 Å². The maximum absolute atomic E-state index is 4.06. The summed E-state index contributed by atoms with van der Waals surface area (Å²) in [7, 11) is 1.84. The zero-order valence-electron chi connectivity index (χ0n) is 5.93. The Labute approximate surface area is 55.6 Å². The molecule has 0 amide bonds. The van der Waals surface area contributed by atoms with Crippen molar-refractivity contribution >= 4 is 17.5 Å². The van der Waals surface area contributed by atoms with Gasteiger partial charge in [-0.3, -0.25) is 4.99 Å². The van der Waals surface area contributed by atoms with Gasteiger partial charge in [0.15, 0.2) is 0 Å². The van der Waals surface area contributed by atoms with Crippen molar-refractivity contribution in [1.82, 2.24) is 0 Å². The molecule has 0 saturated carbocycles. The van der Waals surface area contributed by atoms with Crippen LogP contribution in [0.25, 0.3) is 0 Å². The summed E-state index contributed by atoms with van der Waals surface area (Å²) in [4.78, 5) is 4.06. The molecule has 0 fully saturated rings. The number of thioether (sulfide) groups is 1. The van der Waals surface area contributed by atoms with E-state index in [1.165, 1.54) is 5.71 Å². The Hall–Kier alpha value is 0.0200. The lowest BCUT2D eigenvalue weighted by molar-refractivity contribution is 1.25. The van der Waals surface area contributed by atoms with Crippen LogP contribution in [0.1, 0.15) is 13.8 Å². The molecule has 8 heavy (non-hydrogen) atoms. The minimum Gasteiger partial charge on any atom is -0.297 e. The van der Waals surface area contributed by atoms with Crippen LogP contribution in [0.5, 0.6) is 0 Å². The fraction of sp³-hybridized carbons (Fsp3) is 0.833. The largest absolute Gasteiger partial charge is 0.297 e. The molecule has 0 aliphatic carbocycles. The molecule has 0 N–H and O–H groups in total. The second-order valence-electron chi connectivity index (χ2n) is 1.74. The van der Waals surface area contributed by atoms with Crippen molar-refractivity contribution in [2.75, 3.05) is 13.3 Å². The minimum atomic E-state index is 0.583. The summed E-state index contributed by atoms with van der Waals surface area (Å²) in [6.45, 7) is 4.22. The third-order valence-corrected chi connectivity index (χ3v) is 2.34. The SMILES string of the molecule is CN=C(C)C(C)SC. The minimum absolute atomic E-state index is 0.583. The molecule has 2 heteroatoms. The van der Waals surface area contributed by atoms with Crippen LogP contribution in [0.4, 0.5) is 0 Å². The smallest absolute Gasteiger partial charge is 0.0392 e. The Kier molecular flexibility index (Phi) is 3.97. The lowest BCUT2D eigenvalue weighted by atomic mass is 10.3. The monoisotopic (exact) mass is 131 g/mol. The highest BCUT2D eigenvalue weighted by Crippen LogP contribution is 2.05. The molecule has 0 heterocycles. The molecule has 0 spiro atoms. The zero-order valence-corrected chi connectivity index (χ0v) is 6.75. The predicted octanol–water partition coefficient (Wildman–Crippen LogP) is 1.83. The van der Waals surface area contributed by atoms with Crippen molar-refractivity contribution < 1.29 is 0 Å². The molecular formula is C6H13NS. The predicted molar refractivity (Wildman–Crippen MR) is 42.0 cm³/mol. The summed E-state index contributed by atoms with van der Waals surface area (Å²) < 4.78 is 0. The maximum atomic E-state index is 4.06. The molecule has 0 saturated heterocycles. The molecule has 1 nitrogen and oxygen atoms in total. The van der Waals surface area contributed by atoms with E-state index in [1.54, 1.807) is 0 Å². The Bertz CT molecular complexity index is 88.5. The maximum Gasteiger partial charge on any atom is 0.0392 e. The first-order valence-corrected chi connectivity index (χ1v) is 3.97. The van der Waals surface area contributed by atoms with Crippen molar-refractivity contribution in [1.29, 1.82) is 0 Å². The summed E-state index contributed by atoms with van der Waals surface area (Å²) in [5.41, 5.74) is 1.22. The highest BCUT2D eigenvalue weighted by Gasteiger charge is 1.99. The van der Waals surface area contributed by atoms with E-state index in [4.69, 9.17) is 0 Å². The first kappa shape index (κ1) is 8.02. The van der Waals surface area contributed by atoms with Gasteiger partial charge in [0, 0.05) is 18.0 Å². The van der Waals surface area contributed by atoms with Crippen LogP contribution in [0.3, 0.4) is 0 Å². The van der Waals surface area contributed by atoms with Gasteiger partial charge in [0.05, 0.1) is 0 Å². The Balaban J connectivity index is 3.63. The van der Waals surface area contributed by atoms with Crippen LogP contribution in [0, 0.1) is 0 Å². The standard InChI is InChI=1S/C6H13NS/c1-5(7-3)6(2)8-4/h6H,1-4H3. The number of hydrogen-bond acceptors (Lipinski definition) is 2. The molecule has 0 aromatic carbocycles. The normalized spacial score (nSPS) is 16.2. The number of nitrogens with zero attached hydrogens (tertiary/aromatic N) is 1. The summed E-state index contributed by atoms with van der Waals surface area (Å²) >= 11 is 1.83. The molecule has 48 valence electrons. The van der Waals surface area contributed by atoms with Crippen LogP contribution in [-0.2, 0) is 0 Å². The van der Waals surface area contributed by atoms with Gasteiger partial charge in [0.25, 0.3) is 0 Å². The molecule has 1 unspecified atom stereocenters. The van der Waals surface area contributed by atoms with Crippen molar-refractivity contribution in [2.45, 2.75) is 19.1 Å². The van der Waals surface area contributed by atoms with E-state index in [9.17, 15) is 0 Å². The quantitative estimate of drug-likeness (QED) is 0.521. The molecule has 0 rings (SSSR count). The van der Waals surface area contributed by atoms with E-state index in [0.29, 0.717) is 5.25 Å². The van der Waals surface area contributed by atoms with E-state index < -0.39 is 0 Å². The Morgan fingerprint density at radius 3 is 2.25 bits per heavy atom. The number of rotatable bonds is 2. The third kappa shape index (κ3) is 2.36. The summed E-state index contributed by atoms with van der Waals surface area (Å²) in [6.07, 6.45) is 2.10. The Morgan fingerprint density at radius 2 is 2.12 bits per heavy atom. The summed E-state index contributed by atoms with van der Waals surface area (Å²) in [6, 6.07) is 0. The van der Waals surface area contributed by atoms with Gasteiger partial charge in [-0.2, -0.15) is 11.8 Å². The van der Waals surface area contributed by atoms with Crippen LogP contribution in [0.15, 0.2) is 4.99 Å². The molecule has 0 aliphatic heterocycles. The van der Waals surface area contributed by atoms with Crippen LogP contribution in [0.2, 0.25) is 0 Å². The van der Waals surface area contributed by atoms with E-state index >= 15 is 0 Å². The number of hydrogen-bond donors (Lipinski definition) is 0. The molecule has 0 aromatic rings. The summed E-state index contributed by atoms with van der Waals surface area (Å²) in [5.74, 6) is 0. The van der Waals surface area contributed by atoms with Gasteiger partial charge in [0.2, 0.25) is 0 Å². The second-order valence-corrected chi connectivity index (χ2v) is 2.92. The van der Waals surface area contributed by atoms with Crippen LogP contribution < -0.4 is 0 Å².